The molecule has 0 aliphatic heterocycles. The van der Waals surface area contributed by atoms with E-state index in [1.165, 1.54) is 0 Å². The molecule has 0 aliphatic carbocycles. The SMILES string of the molecule is Cc1cccnc1COc1ccc([C@H](C)O)cc1. The number of aliphatic hydroxyl groups excluding tert-OH is 1. The van der Waals surface area contributed by atoms with Gasteiger partial charge in [-0.2, -0.15) is 0 Å². The van der Waals surface area contributed by atoms with Crippen molar-refractivity contribution >= 4 is 0 Å². The average Bonchev–Trinajstić information content (AvgIpc) is 2.38. The molecule has 1 heterocycles. The Bertz CT molecular complexity index is 506. The fourth-order valence-corrected chi connectivity index (χ4v) is 1.66. The number of rotatable bonds is 4. The summed E-state index contributed by atoms with van der Waals surface area (Å²) < 4.78 is 5.66. The van der Waals surface area contributed by atoms with E-state index in [2.05, 4.69) is 4.98 Å². The second-order valence-corrected chi connectivity index (χ2v) is 4.30. The highest BCUT2D eigenvalue weighted by molar-refractivity contribution is 5.28. The lowest BCUT2D eigenvalue weighted by Crippen LogP contribution is -2.00. The molecule has 0 bridgehead atoms. The molecule has 2 aromatic rings. The van der Waals surface area contributed by atoms with Crippen molar-refractivity contribution in [2.75, 3.05) is 0 Å². The summed E-state index contributed by atoms with van der Waals surface area (Å²) in [5, 5.41) is 9.41. The maximum atomic E-state index is 9.41. The quantitative estimate of drug-likeness (QED) is 0.897. The molecule has 1 aromatic heterocycles. The van der Waals surface area contributed by atoms with Crippen LogP contribution in [0.1, 0.15) is 29.8 Å². The molecule has 3 nitrogen and oxygen atoms in total. The molecular formula is C15H17NO2. The summed E-state index contributed by atoms with van der Waals surface area (Å²) in [6, 6.07) is 11.4. The van der Waals surface area contributed by atoms with Crippen LogP contribution in [0.15, 0.2) is 42.6 Å². The number of aliphatic hydroxyl groups is 1. The number of ether oxygens (including phenoxy) is 1. The van der Waals surface area contributed by atoms with Crippen molar-refractivity contribution in [1.82, 2.24) is 4.98 Å². The molecule has 0 spiro atoms. The summed E-state index contributed by atoms with van der Waals surface area (Å²) in [6.45, 7) is 4.22. The van der Waals surface area contributed by atoms with Crippen LogP contribution in [0.4, 0.5) is 0 Å². The van der Waals surface area contributed by atoms with Crippen LogP contribution in [-0.4, -0.2) is 10.1 Å². The van der Waals surface area contributed by atoms with E-state index in [-0.39, 0.29) is 0 Å². The van der Waals surface area contributed by atoms with Crippen LogP contribution in [0.5, 0.6) is 5.75 Å². The maximum absolute atomic E-state index is 9.41. The molecule has 18 heavy (non-hydrogen) atoms. The lowest BCUT2D eigenvalue weighted by Gasteiger charge is -2.09. The van der Waals surface area contributed by atoms with Gasteiger partial charge in [0.2, 0.25) is 0 Å². The molecule has 1 N–H and O–H groups in total. The number of benzene rings is 1. The molecule has 0 unspecified atom stereocenters. The number of hydrogen-bond acceptors (Lipinski definition) is 3. The first kappa shape index (κ1) is 12.6. The van der Waals surface area contributed by atoms with E-state index in [9.17, 15) is 5.11 Å². The smallest absolute Gasteiger partial charge is 0.130 e. The first-order chi connectivity index (χ1) is 8.66. The molecule has 1 atom stereocenters. The molecule has 0 saturated heterocycles. The second-order valence-electron chi connectivity index (χ2n) is 4.30. The van der Waals surface area contributed by atoms with Crippen LogP contribution < -0.4 is 4.74 Å². The fourth-order valence-electron chi connectivity index (χ4n) is 1.66. The van der Waals surface area contributed by atoms with Gasteiger partial charge in [-0.1, -0.05) is 18.2 Å². The number of aromatic nitrogens is 1. The van der Waals surface area contributed by atoms with Gasteiger partial charge in [0.25, 0.3) is 0 Å². The van der Waals surface area contributed by atoms with Gasteiger partial charge in [0.05, 0.1) is 11.8 Å². The second kappa shape index (κ2) is 5.65. The minimum atomic E-state index is -0.447. The van der Waals surface area contributed by atoms with Gasteiger partial charge in [-0.05, 0) is 43.2 Å². The van der Waals surface area contributed by atoms with E-state index < -0.39 is 6.10 Å². The zero-order chi connectivity index (χ0) is 13.0. The average molecular weight is 243 g/mol. The Balaban J connectivity index is 2.00. The standard InChI is InChI=1S/C15H17NO2/c1-11-4-3-9-16-15(11)10-18-14-7-5-13(6-8-14)12(2)17/h3-9,12,17H,10H2,1-2H3/t12-/m0/s1. The van der Waals surface area contributed by atoms with Gasteiger partial charge >= 0.3 is 0 Å². The minimum Gasteiger partial charge on any atom is -0.487 e. The molecule has 0 fully saturated rings. The molecule has 1 aromatic carbocycles. The summed E-state index contributed by atoms with van der Waals surface area (Å²) in [6.07, 6.45) is 1.32. The number of pyridine rings is 1. The topological polar surface area (TPSA) is 42.4 Å². The van der Waals surface area contributed by atoms with Crippen molar-refractivity contribution in [3.63, 3.8) is 0 Å². The third-order valence-electron chi connectivity index (χ3n) is 2.86. The van der Waals surface area contributed by atoms with Gasteiger partial charge in [0.1, 0.15) is 12.4 Å². The van der Waals surface area contributed by atoms with Gasteiger partial charge in [-0.15, -0.1) is 0 Å². The van der Waals surface area contributed by atoms with Gasteiger partial charge in [0.15, 0.2) is 0 Å². The van der Waals surface area contributed by atoms with Crippen LogP contribution in [0, 0.1) is 6.92 Å². The first-order valence-corrected chi connectivity index (χ1v) is 5.98. The van der Waals surface area contributed by atoms with E-state index in [0.717, 1.165) is 22.6 Å². The third kappa shape index (κ3) is 3.08. The van der Waals surface area contributed by atoms with Crippen molar-refractivity contribution in [3.05, 3.63) is 59.4 Å². The number of nitrogens with zero attached hydrogens (tertiary/aromatic N) is 1. The molecule has 0 amide bonds. The molecule has 2 rings (SSSR count). The first-order valence-electron chi connectivity index (χ1n) is 5.98. The predicted molar refractivity (Wildman–Crippen MR) is 70.4 cm³/mol. The highest BCUT2D eigenvalue weighted by Gasteiger charge is 2.02. The van der Waals surface area contributed by atoms with E-state index >= 15 is 0 Å². The van der Waals surface area contributed by atoms with Crippen LogP contribution in [-0.2, 0) is 6.61 Å². The van der Waals surface area contributed by atoms with Crippen molar-refractivity contribution in [1.29, 1.82) is 0 Å². The van der Waals surface area contributed by atoms with Crippen molar-refractivity contribution in [3.8, 4) is 5.75 Å². The minimum absolute atomic E-state index is 0.447. The van der Waals surface area contributed by atoms with Crippen molar-refractivity contribution in [2.24, 2.45) is 0 Å². The van der Waals surface area contributed by atoms with Gasteiger partial charge < -0.3 is 9.84 Å². The number of aryl methyl sites for hydroxylation is 1. The Morgan fingerprint density at radius 2 is 1.94 bits per heavy atom. The molecular weight excluding hydrogens is 226 g/mol. The van der Waals surface area contributed by atoms with Crippen LogP contribution in [0.3, 0.4) is 0 Å². The van der Waals surface area contributed by atoms with Crippen LogP contribution in [0.2, 0.25) is 0 Å². The van der Waals surface area contributed by atoms with Gasteiger partial charge in [-0.3, -0.25) is 4.98 Å². The Morgan fingerprint density at radius 1 is 1.22 bits per heavy atom. The molecule has 94 valence electrons. The Morgan fingerprint density at radius 3 is 2.56 bits per heavy atom. The largest absolute Gasteiger partial charge is 0.487 e. The Hall–Kier alpha value is -1.87. The van der Waals surface area contributed by atoms with E-state index in [4.69, 9.17) is 4.74 Å². The number of hydrogen-bond donors (Lipinski definition) is 1. The summed E-state index contributed by atoms with van der Waals surface area (Å²) in [5.74, 6) is 0.782. The van der Waals surface area contributed by atoms with Gasteiger partial charge in [-0.25, -0.2) is 0 Å². The van der Waals surface area contributed by atoms with Crippen molar-refractivity contribution in [2.45, 2.75) is 26.6 Å². The lowest BCUT2D eigenvalue weighted by atomic mass is 10.1. The lowest BCUT2D eigenvalue weighted by molar-refractivity contribution is 0.199. The summed E-state index contributed by atoms with van der Waals surface area (Å²) >= 11 is 0. The van der Waals surface area contributed by atoms with Crippen molar-refractivity contribution < 1.29 is 9.84 Å². The zero-order valence-electron chi connectivity index (χ0n) is 10.6. The summed E-state index contributed by atoms with van der Waals surface area (Å²) in [4.78, 5) is 4.27. The Labute approximate surface area is 107 Å². The summed E-state index contributed by atoms with van der Waals surface area (Å²) in [5.41, 5.74) is 2.95. The third-order valence-corrected chi connectivity index (χ3v) is 2.86. The predicted octanol–water partition coefficient (Wildman–Crippen LogP) is 3.02. The normalized spacial score (nSPS) is 12.2. The van der Waals surface area contributed by atoms with E-state index in [0.29, 0.717) is 6.61 Å². The fraction of sp³-hybridized carbons (Fsp3) is 0.267. The van der Waals surface area contributed by atoms with Crippen LogP contribution in [0.25, 0.3) is 0 Å². The maximum Gasteiger partial charge on any atom is 0.130 e. The molecule has 3 heteroatoms. The molecule has 0 radical (unpaired) electrons. The van der Waals surface area contributed by atoms with E-state index in [1.54, 1.807) is 13.1 Å². The van der Waals surface area contributed by atoms with Crippen LogP contribution >= 0.6 is 0 Å². The molecule has 0 saturated carbocycles. The summed E-state index contributed by atoms with van der Waals surface area (Å²) in [7, 11) is 0. The Kier molecular flexibility index (Phi) is 3.95. The highest BCUT2D eigenvalue weighted by atomic mass is 16.5. The van der Waals surface area contributed by atoms with E-state index in [1.807, 2.05) is 43.3 Å². The molecule has 0 aliphatic rings. The monoisotopic (exact) mass is 243 g/mol. The zero-order valence-corrected chi connectivity index (χ0v) is 10.6. The highest BCUT2D eigenvalue weighted by Crippen LogP contribution is 2.18. The van der Waals surface area contributed by atoms with Gasteiger partial charge in [0, 0.05) is 6.20 Å².